The molecule has 0 fully saturated rings. The van der Waals surface area contributed by atoms with E-state index in [2.05, 4.69) is 74.6 Å². The van der Waals surface area contributed by atoms with Crippen LogP contribution >= 0.6 is 0 Å². The second kappa shape index (κ2) is 3.76. The Morgan fingerprint density at radius 1 is 0.476 bits per heavy atom. The first-order valence-corrected chi connectivity index (χ1v) is 7.25. The fourth-order valence-corrected chi connectivity index (χ4v) is 3.73. The summed E-state index contributed by atoms with van der Waals surface area (Å²) in [6.07, 6.45) is 0. The van der Waals surface area contributed by atoms with Gasteiger partial charge in [0.05, 0.1) is 0 Å². The lowest BCUT2D eigenvalue weighted by Crippen LogP contribution is -2.04. The van der Waals surface area contributed by atoms with Crippen molar-refractivity contribution in [1.29, 1.82) is 0 Å². The summed E-state index contributed by atoms with van der Waals surface area (Å²) >= 11 is 0. The third-order valence-electron chi connectivity index (χ3n) is 4.60. The largest absolute Gasteiger partial charge is 0.130 e. The first-order chi connectivity index (χ1) is 10.3. The van der Waals surface area contributed by atoms with Crippen LogP contribution in [0.1, 0.15) is 0 Å². The van der Waals surface area contributed by atoms with Crippen molar-refractivity contribution < 1.29 is 0 Å². The highest BCUT2D eigenvalue weighted by molar-refractivity contribution is 6.46. The first kappa shape index (κ1) is 11.2. The Labute approximate surface area is 123 Å². The van der Waals surface area contributed by atoms with Crippen molar-refractivity contribution in [3.63, 3.8) is 0 Å². The fraction of sp³-hybridized carbons (Fsp3) is 0. The van der Waals surface area contributed by atoms with E-state index in [-0.39, 0.29) is 0 Å². The van der Waals surface area contributed by atoms with Gasteiger partial charge in [0.15, 0.2) is 0 Å². The molecule has 0 spiro atoms. The zero-order valence-corrected chi connectivity index (χ0v) is 11.6. The number of fused-ring (bicyclic) bond motifs is 2. The molecule has 0 amide bonds. The van der Waals surface area contributed by atoms with Crippen LogP contribution in [0.25, 0.3) is 43.1 Å². The van der Waals surface area contributed by atoms with Crippen molar-refractivity contribution >= 4 is 56.4 Å². The topological polar surface area (TPSA) is 0 Å². The minimum atomic E-state index is 1.11. The Morgan fingerprint density at radius 3 is 1.76 bits per heavy atom. The van der Waals surface area contributed by atoms with Crippen molar-refractivity contribution in [2.45, 2.75) is 0 Å². The predicted octanol–water partition coefficient (Wildman–Crippen LogP) is 4.26. The lowest BCUT2D eigenvalue weighted by molar-refractivity contribution is 1.80. The van der Waals surface area contributed by atoms with Crippen molar-refractivity contribution in [3.05, 3.63) is 66.7 Å². The molecule has 0 saturated carbocycles. The molecule has 0 aliphatic rings. The van der Waals surface area contributed by atoms with Gasteiger partial charge in [-0.05, 0) is 43.1 Å². The summed E-state index contributed by atoms with van der Waals surface area (Å²) in [5.74, 6) is 0. The van der Waals surface area contributed by atoms with Crippen LogP contribution in [0.2, 0.25) is 0 Å². The van der Waals surface area contributed by atoms with Gasteiger partial charge in [-0.3, -0.25) is 0 Å². The van der Waals surface area contributed by atoms with Crippen molar-refractivity contribution in [3.8, 4) is 0 Å². The van der Waals surface area contributed by atoms with Gasteiger partial charge >= 0.3 is 0 Å². The van der Waals surface area contributed by atoms with Crippen LogP contribution in [0.5, 0.6) is 0 Å². The van der Waals surface area contributed by atoms with E-state index in [1.165, 1.54) is 43.1 Å². The Balaban J connectivity index is 2.32. The van der Waals surface area contributed by atoms with Crippen molar-refractivity contribution in [1.82, 2.24) is 0 Å². The number of hydrogen-bond acceptors (Lipinski definition) is 0. The Hall–Kier alpha value is -2.54. The minimum absolute atomic E-state index is 1.11. The summed E-state index contributed by atoms with van der Waals surface area (Å²) in [5, 5.41) is 10.6. The maximum Gasteiger partial charge on any atom is 0.130 e. The third-order valence-corrected chi connectivity index (χ3v) is 4.60. The molecule has 0 saturated heterocycles. The standard InChI is InChI=1S/C20H12B/c21-17-11-10-13-6-2-8-15-14-7-1-4-12-5-3-9-16(18(12)14)20(17)19(13)15/h1-11,21H. The normalized spacial score (nSPS) is 12.0. The SMILES string of the molecule is [BH]c1ccc2cccc3c4cccc5cccc(c1c23)c54. The van der Waals surface area contributed by atoms with Gasteiger partial charge in [0.2, 0.25) is 0 Å². The molecule has 21 heavy (non-hydrogen) atoms. The van der Waals surface area contributed by atoms with E-state index in [9.17, 15) is 0 Å². The Morgan fingerprint density at radius 2 is 1.05 bits per heavy atom. The average molecular weight is 263 g/mol. The molecular weight excluding hydrogens is 251 g/mol. The van der Waals surface area contributed by atoms with Crippen LogP contribution in [0.3, 0.4) is 0 Å². The third kappa shape index (κ3) is 1.31. The fourth-order valence-electron chi connectivity index (χ4n) is 3.73. The summed E-state index contributed by atoms with van der Waals surface area (Å²) < 4.78 is 0. The molecule has 0 aromatic heterocycles. The van der Waals surface area contributed by atoms with Crippen LogP contribution in [0.15, 0.2) is 66.7 Å². The molecular formula is C20H12B. The van der Waals surface area contributed by atoms with Gasteiger partial charge in [0.25, 0.3) is 0 Å². The second-order valence-corrected chi connectivity index (χ2v) is 5.71. The Kier molecular flexibility index (Phi) is 2.00. The maximum atomic E-state index is 4.28. The molecule has 0 aliphatic heterocycles. The molecule has 0 atom stereocenters. The van der Waals surface area contributed by atoms with Crippen molar-refractivity contribution in [2.75, 3.05) is 0 Å². The monoisotopic (exact) mass is 263 g/mol. The van der Waals surface area contributed by atoms with E-state index < -0.39 is 0 Å². The zero-order chi connectivity index (χ0) is 14.0. The summed E-state index contributed by atoms with van der Waals surface area (Å²) in [5.41, 5.74) is 1.11. The van der Waals surface area contributed by atoms with Gasteiger partial charge in [-0.2, -0.15) is 0 Å². The van der Waals surface area contributed by atoms with Gasteiger partial charge in [0.1, 0.15) is 7.85 Å². The molecule has 5 rings (SSSR count). The molecule has 0 N–H and O–H groups in total. The van der Waals surface area contributed by atoms with Gasteiger partial charge in [-0.25, -0.2) is 0 Å². The molecule has 5 aromatic carbocycles. The highest BCUT2D eigenvalue weighted by Gasteiger charge is 2.13. The van der Waals surface area contributed by atoms with Crippen LogP contribution in [-0.4, -0.2) is 7.85 Å². The average Bonchev–Trinajstić information content (AvgIpc) is 2.53. The molecule has 5 aromatic rings. The van der Waals surface area contributed by atoms with Crippen LogP contribution in [0, 0.1) is 0 Å². The molecule has 0 aliphatic carbocycles. The predicted molar refractivity (Wildman–Crippen MR) is 94.4 cm³/mol. The van der Waals surface area contributed by atoms with Gasteiger partial charge in [0, 0.05) is 0 Å². The number of hydrogen-bond donors (Lipinski definition) is 0. The van der Waals surface area contributed by atoms with E-state index in [0.717, 1.165) is 5.46 Å². The Bertz CT molecular complexity index is 1130. The number of rotatable bonds is 0. The molecule has 0 bridgehead atoms. The molecule has 1 heteroatoms. The van der Waals surface area contributed by atoms with E-state index in [4.69, 9.17) is 0 Å². The summed E-state index contributed by atoms with van der Waals surface area (Å²) in [6, 6.07) is 24.0. The molecule has 0 nitrogen and oxygen atoms in total. The number of benzene rings is 5. The highest BCUT2D eigenvalue weighted by Crippen LogP contribution is 2.38. The summed E-state index contributed by atoms with van der Waals surface area (Å²) in [7, 11) is 4.28. The second-order valence-electron chi connectivity index (χ2n) is 5.71. The van der Waals surface area contributed by atoms with E-state index in [0.29, 0.717) is 0 Å². The first-order valence-electron chi connectivity index (χ1n) is 7.25. The molecule has 0 unspecified atom stereocenters. The van der Waals surface area contributed by atoms with Gasteiger partial charge in [-0.15, -0.1) is 0 Å². The molecule has 1 radical (unpaired) electrons. The van der Waals surface area contributed by atoms with Gasteiger partial charge < -0.3 is 0 Å². The van der Waals surface area contributed by atoms with Gasteiger partial charge in [-0.1, -0.05) is 72.2 Å². The summed E-state index contributed by atoms with van der Waals surface area (Å²) in [4.78, 5) is 0. The smallest absolute Gasteiger partial charge is 0.0842 e. The lowest BCUT2D eigenvalue weighted by Gasteiger charge is -2.15. The summed E-state index contributed by atoms with van der Waals surface area (Å²) in [6.45, 7) is 0. The van der Waals surface area contributed by atoms with E-state index >= 15 is 0 Å². The van der Waals surface area contributed by atoms with Crippen LogP contribution < -0.4 is 5.46 Å². The van der Waals surface area contributed by atoms with E-state index in [1.807, 2.05) is 0 Å². The van der Waals surface area contributed by atoms with Crippen LogP contribution in [-0.2, 0) is 0 Å². The molecule has 95 valence electrons. The zero-order valence-electron chi connectivity index (χ0n) is 11.6. The molecule has 0 heterocycles. The highest BCUT2D eigenvalue weighted by atomic mass is 14.1. The van der Waals surface area contributed by atoms with E-state index in [1.54, 1.807) is 0 Å². The lowest BCUT2D eigenvalue weighted by atomic mass is 9.82. The maximum absolute atomic E-state index is 4.28. The van der Waals surface area contributed by atoms with Crippen molar-refractivity contribution in [2.24, 2.45) is 0 Å². The van der Waals surface area contributed by atoms with Crippen LogP contribution in [0.4, 0.5) is 0 Å². The quantitative estimate of drug-likeness (QED) is 0.222. The minimum Gasteiger partial charge on any atom is -0.0842 e.